The second-order valence-corrected chi connectivity index (χ2v) is 16.7. The Balaban J connectivity index is 1.46. The molecule has 7 atom stereocenters. The molecule has 7 nitrogen and oxygen atoms in total. The van der Waals surface area contributed by atoms with Crippen LogP contribution in [0.25, 0.3) is 0 Å². The Bertz CT molecular complexity index is 1080. The zero-order valence-corrected chi connectivity index (χ0v) is 33.1. The molecule has 1 amide bonds. The molecule has 6 N–H and O–H groups in total. The van der Waals surface area contributed by atoms with Gasteiger partial charge in [0.25, 0.3) is 0 Å². The smallest absolute Gasteiger partial charge is 0.230 e. The number of nitrogens with zero attached hydrogens (tertiary/aromatic N) is 1. The van der Waals surface area contributed by atoms with Crippen LogP contribution in [0.2, 0.25) is 0 Å². The number of rotatable bonds is 23. The van der Waals surface area contributed by atoms with Gasteiger partial charge in [0.05, 0.1) is 17.7 Å². The average molecular weight is 701 g/mol. The van der Waals surface area contributed by atoms with Crippen molar-refractivity contribution in [1.82, 2.24) is 26.2 Å². The molecule has 2 aliphatic heterocycles. The molecule has 0 aromatic heterocycles. The molecule has 2 aliphatic carbocycles. The molecule has 50 heavy (non-hydrogen) atoms. The van der Waals surface area contributed by atoms with Gasteiger partial charge in [-0.2, -0.15) is 0 Å². The fourth-order valence-electron chi connectivity index (χ4n) is 10.2. The summed E-state index contributed by atoms with van der Waals surface area (Å²) >= 11 is 0. The van der Waals surface area contributed by atoms with Crippen LogP contribution in [-0.4, -0.2) is 67.4 Å². The topological polar surface area (TPSA) is 94.5 Å². The summed E-state index contributed by atoms with van der Waals surface area (Å²) in [5, 5.41) is 14.3. The first-order chi connectivity index (χ1) is 24.2. The van der Waals surface area contributed by atoms with Crippen molar-refractivity contribution in [3.8, 4) is 0 Å². The van der Waals surface area contributed by atoms with E-state index in [9.17, 15) is 4.79 Å². The molecule has 2 saturated carbocycles. The Kier molecular flexibility index (Phi) is 17.1. The van der Waals surface area contributed by atoms with E-state index in [0.29, 0.717) is 18.4 Å². The van der Waals surface area contributed by atoms with Crippen LogP contribution in [0.5, 0.6) is 0 Å². The lowest BCUT2D eigenvalue weighted by atomic mass is 9.60. The van der Waals surface area contributed by atoms with Crippen molar-refractivity contribution in [3.63, 3.8) is 0 Å². The lowest BCUT2D eigenvalue weighted by Crippen LogP contribution is -2.52. The Morgan fingerprint density at radius 3 is 2.38 bits per heavy atom. The van der Waals surface area contributed by atoms with Gasteiger partial charge in [-0.1, -0.05) is 85.5 Å². The molecule has 0 radical (unpaired) electrons. The third-order valence-corrected chi connectivity index (χ3v) is 13.4. The van der Waals surface area contributed by atoms with Crippen LogP contribution < -0.4 is 27.0 Å². The summed E-state index contributed by atoms with van der Waals surface area (Å²) in [7, 11) is 0. The number of nitrogens with one attached hydrogen (secondary N) is 4. The number of dihydropyridines is 1. The first kappa shape index (κ1) is 41.3. The maximum atomic E-state index is 15.5. The maximum absolute atomic E-state index is 15.5. The second-order valence-electron chi connectivity index (χ2n) is 16.7. The largest absolute Gasteiger partial charge is 0.385 e. The summed E-state index contributed by atoms with van der Waals surface area (Å²) < 4.78 is 15.5. The summed E-state index contributed by atoms with van der Waals surface area (Å²) in [5.74, 6) is 0.867. The Morgan fingerprint density at radius 2 is 1.76 bits per heavy atom. The molecular weight excluding hydrogens is 624 g/mol. The van der Waals surface area contributed by atoms with Crippen LogP contribution in [0.15, 0.2) is 23.0 Å². The second kappa shape index (κ2) is 20.7. The van der Waals surface area contributed by atoms with E-state index in [1.807, 2.05) is 20.0 Å². The van der Waals surface area contributed by atoms with Crippen molar-refractivity contribution in [2.45, 2.75) is 187 Å². The molecule has 8 heteroatoms. The first-order valence-corrected chi connectivity index (χ1v) is 21.3. The number of alkyl halides is 1. The van der Waals surface area contributed by atoms with Gasteiger partial charge in [-0.05, 0) is 107 Å². The van der Waals surface area contributed by atoms with Gasteiger partial charge in [-0.3, -0.25) is 15.0 Å². The monoisotopic (exact) mass is 701 g/mol. The Hall–Kier alpha value is -1.48. The third-order valence-electron chi connectivity index (χ3n) is 13.4. The highest BCUT2D eigenvalue weighted by Gasteiger charge is 2.44. The molecule has 1 saturated heterocycles. The highest BCUT2D eigenvalue weighted by Crippen LogP contribution is 2.50. The molecule has 0 spiro atoms. The third kappa shape index (κ3) is 10.6. The number of amides is 1. The highest BCUT2D eigenvalue weighted by atomic mass is 19.1. The number of carbonyl (C=O) groups excluding carboxylic acids is 1. The Labute approximate surface area is 306 Å². The highest BCUT2D eigenvalue weighted by molar-refractivity contribution is 5.83. The maximum Gasteiger partial charge on any atom is 0.230 e. The minimum absolute atomic E-state index is 0.0745. The van der Waals surface area contributed by atoms with Crippen LogP contribution >= 0.6 is 0 Å². The number of hydrogen-bond donors (Lipinski definition) is 5. The van der Waals surface area contributed by atoms with E-state index in [-0.39, 0.29) is 36.0 Å². The standard InChI is InChI=1S/C42H77FN6O/c1-7-11-12-13-14-20-33-26-45-28-36(38(33)40-39(32-18-15-16-19-32)47-29-49(40)10-4)48-41(50)37(30(5)44)31(6)46-27-35(43)23-25-42(9-3,24-8-2)34-21-17-22-34/h28,30-32,34-35,37,39-40,45-47H,7-27,29,44H2,1-6H3,(H,48,50). The van der Waals surface area contributed by atoms with Gasteiger partial charge in [-0.15, -0.1) is 0 Å². The number of nitrogens with two attached hydrogens (primary N) is 1. The summed E-state index contributed by atoms with van der Waals surface area (Å²) in [6.45, 7) is 16.0. The number of carbonyl (C=O) groups is 1. The van der Waals surface area contributed by atoms with Crippen LogP contribution in [0.1, 0.15) is 157 Å². The fourth-order valence-corrected chi connectivity index (χ4v) is 10.2. The fraction of sp³-hybridized carbons (Fsp3) is 0.881. The summed E-state index contributed by atoms with van der Waals surface area (Å²) in [5.41, 5.74) is 10.5. The number of likely N-dealkylation sites (N-methyl/N-ethyl adjacent to an activating group) is 1. The van der Waals surface area contributed by atoms with E-state index in [1.165, 1.54) is 101 Å². The van der Waals surface area contributed by atoms with E-state index in [4.69, 9.17) is 5.73 Å². The minimum Gasteiger partial charge on any atom is -0.385 e. The van der Waals surface area contributed by atoms with E-state index in [2.05, 4.69) is 53.9 Å². The van der Waals surface area contributed by atoms with Crippen LogP contribution in [0.4, 0.5) is 4.39 Å². The lowest BCUT2D eigenvalue weighted by Gasteiger charge is -2.46. The van der Waals surface area contributed by atoms with Crippen molar-refractivity contribution in [2.75, 3.05) is 26.3 Å². The van der Waals surface area contributed by atoms with E-state index >= 15 is 4.39 Å². The van der Waals surface area contributed by atoms with Gasteiger partial charge in [0.15, 0.2) is 0 Å². The van der Waals surface area contributed by atoms with E-state index in [0.717, 1.165) is 50.6 Å². The Morgan fingerprint density at radius 1 is 1.02 bits per heavy atom. The van der Waals surface area contributed by atoms with Crippen molar-refractivity contribution in [1.29, 1.82) is 0 Å². The van der Waals surface area contributed by atoms with Gasteiger partial charge < -0.3 is 21.7 Å². The van der Waals surface area contributed by atoms with Crippen LogP contribution in [0.3, 0.4) is 0 Å². The SMILES string of the molecule is CCCCCCCC1=C(C2C(C3CCCC3)NCN2CC)C(NC(=O)C(C(C)N)C(C)NCC(F)CCC(CC)(CCC)C2CCC2)=CNC1. The number of unbranched alkanes of at least 4 members (excludes halogenated alkanes) is 4. The first-order valence-electron chi connectivity index (χ1n) is 21.3. The molecular formula is C42H77FN6O. The van der Waals surface area contributed by atoms with Crippen LogP contribution in [0, 0.1) is 23.2 Å². The summed E-state index contributed by atoms with van der Waals surface area (Å²) in [4.78, 5) is 16.8. The quantitative estimate of drug-likeness (QED) is 0.0693. The van der Waals surface area contributed by atoms with Gasteiger partial charge in [-0.25, -0.2) is 4.39 Å². The predicted molar refractivity (Wildman–Crippen MR) is 208 cm³/mol. The van der Waals surface area contributed by atoms with Gasteiger partial charge in [0.2, 0.25) is 5.91 Å². The van der Waals surface area contributed by atoms with Crippen molar-refractivity contribution < 1.29 is 9.18 Å². The van der Waals surface area contributed by atoms with Crippen molar-refractivity contribution in [2.24, 2.45) is 28.9 Å². The van der Waals surface area contributed by atoms with E-state index < -0.39 is 12.1 Å². The number of hydrogen-bond acceptors (Lipinski definition) is 6. The summed E-state index contributed by atoms with van der Waals surface area (Å²) in [6.07, 6.45) is 22.6. The average Bonchev–Trinajstić information content (AvgIpc) is 3.76. The molecule has 4 rings (SSSR count). The van der Waals surface area contributed by atoms with Crippen molar-refractivity contribution >= 4 is 5.91 Å². The van der Waals surface area contributed by atoms with Gasteiger partial charge >= 0.3 is 0 Å². The normalized spacial score (nSPS) is 25.8. The molecule has 0 bridgehead atoms. The van der Waals surface area contributed by atoms with E-state index in [1.54, 1.807) is 0 Å². The lowest BCUT2D eigenvalue weighted by molar-refractivity contribution is -0.125. The number of halogens is 1. The van der Waals surface area contributed by atoms with Gasteiger partial charge in [0.1, 0.15) is 6.17 Å². The molecule has 3 fully saturated rings. The van der Waals surface area contributed by atoms with Crippen LogP contribution in [-0.2, 0) is 4.79 Å². The molecule has 2 heterocycles. The molecule has 7 unspecified atom stereocenters. The molecule has 288 valence electrons. The zero-order valence-electron chi connectivity index (χ0n) is 33.1. The molecule has 4 aliphatic rings. The van der Waals surface area contributed by atoms with Gasteiger partial charge in [0, 0.05) is 44.1 Å². The molecule has 0 aromatic carbocycles. The van der Waals surface area contributed by atoms with Crippen molar-refractivity contribution in [3.05, 3.63) is 23.0 Å². The predicted octanol–water partition coefficient (Wildman–Crippen LogP) is 8.07. The summed E-state index contributed by atoms with van der Waals surface area (Å²) in [6, 6.07) is 0.00314. The minimum atomic E-state index is -0.931. The molecule has 0 aromatic rings. The zero-order chi connectivity index (χ0) is 36.1.